The summed E-state index contributed by atoms with van der Waals surface area (Å²) in [5.74, 6) is 0.695. The number of hydrogen-bond acceptors (Lipinski definition) is 3. The van der Waals surface area contributed by atoms with Gasteiger partial charge in [0.05, 0.1) is 11.4 Å². The number of nitrogens with zero attached hydrogens (tertiary/aromatic N) is 2. The Morgan fingerprint density at radius 1 is 0.291 bits per heavy atom. The summed E-state index contributed by atoms with van der Waals surface area (Å²) in [6, 6.07) is 73.4. The Hall–Kier alpha value is -6.94. The SMILES string of the molecule is c1ccc(-c2cccc(-c3cc(-c4cc(-c5ccccc5-c5ccccc5)cc(-c5cccc6sc7ccccc7c56)c4)nc(-c4ccccc4)n3)c2)cc1. The predicted octanol–water partition coefficient (Wildman–Crippen LogP) is 14.5. The van der Waals surface area contributed by atoms with E-state index in [-0.39, 0.29) is 0 Å². The van der Waals surface area contributed by atoms with Crippen molar-refractivity contribution < 1.29 is 0 Å². The summed E-state index contributed by atoms with van der Waals surface area (Å²) in [6.45, 7) is 0. The van der Waals surface area contributed by atoms with Crippen molar-refractivity contribution in [3.8, 4) is 78.4 Å². The third-order valence-corrected chi connectivity index (χ3v) is 11.4. The van der Waals surface area contributed by atoms with Crippen LogP contribution in [0.25, 0.3) is 98.6 Å². The van der Waals surface area contributed by atoms with Crippen LogP contribution in [0.1, 0.15) is 0 Å². The lowest BCUT2D eigenvalue weighted by atomic mass is 9.89. The quantitative estimate of drug-likeness (QED) is 0.164. The van der Waals surface area contributed by atoms with E-state index in [0.717, 1.165) is 44.8 Å². The van der Waals surface area contributed by atoms with E-state index in [1.807, 2.05) is 29.5 Å². The minimum absolute atomic E-state index is 0.695. The van der Waals surface area contributed by atoms with Gasteiger partial charge in [-0.25, -0.2) is 9.97 Å². The molecule has 0 spiro atoms. The molecule has 0 aliphatic heterocycles. The summed E-state index contributed by atoms with van der Waals surface area (Å²) < 4.78 is 2.57. The Morgan fingerprint density at radius 3 is 1.51 bits per heavy atom. The maximum absolute atomic E-state index is 5.32. The molecule has 3 heteroatoms. The molecule has 55 heavy (non-hydrogen) atoms. The molecule has 10 rings (SSSR count). The van der Waals surface area contributed by atoms with Gasteiger partial charge in [0.25, 0.3) is 0 Å². The Morgan fingerprint density at radius 2 is 0.764 bits per heavy atom. The molecule has 0 atom stereocenters. The summed E-state index contributed by atoms with van der Waals surface area (Å²) in [6.07, 6.45) is 0. The highest BCUT2D eigenvalue weighted by molar-refractivity contribution is 7.25. The zero-order valence-electron chi connectivity index (χ0n) is 29.9. The van der Waals surface area contributed by atoms with Crippen LogP contribution in [0.4, 0.5) is 0 Å². The van der Waals surface area contributed by atoms with E-state index in [9.17, 15) is 0 Å². The second-order valence-corrected chi connectivity index (χ2v) is 14.8. The Bertz CT molecular complexity index is 2970. The second kappa shape index (κ2) is 14.1. The minimum atomic E-state index is 0.695. The first-order chi connectivity index (χ1) is 27.2. The molecule has 0 saturated heterocycles. The maximum Gasteiger partial charge on any atom is 0.160 e. The van der Waals surface area contributed by atoms with Crippen molar-refractivity contribution in [2.45, 2.75) is 0 Å². The number of thiophene rings is 1. The van der Waals surface area contributed by atoms with Crippen molar-refractivity contribution in [3.05, 3.63) is 206 Å². The van der Waals surface area contributed by atoms with Gasteiger partial charge in [-0.15, -0.1) is 11.3 Å². The van der Waals surface area contributed by atoms with Crippen LogP contribution in [-0.4, -0.2) is 9.97 Å². The molecule has 0 bridgehead atoms. The molecule has 0 radical (unpaired) electrons. The first kappa shape index (κ1) is 32.7. The smallest absolute Gasteiger partial charge is 0.160 e. The van der Waals surface area contributed by atoms with Gasteiger partial charge < -0.3 is 0 Å². The standard InChI is InChI=1S/C52H34N2S/c1-4-16-35(17-5-1)38-22-14-23-39(30-38)47-34-48(54-52(53-47)37-20-8-3-9-21-37)42-32-40(44-25-11-10-24-43(44)36-18-6-2-7-19-36)31-41(33-42)45-27-15-29-50-51(45)46-26-12-13-28-49(46)55-50/h1-34H. The van der Waals surface area contributed by atoms with Gasteiger partial charge in [0.2, 0.25) is 0 Å². The van der Waals surface area contributed by atoms with Crippen molar-refractivity contribution in [2.75, 3.05) is 0 Å². The third kappa shape index (κ3) is 6.31. The first-order valence-electron chi connectivity index (χ1n) is 18.6. The number of aromatic nitrogens is 2. The Kier molecular flexibility index (Phi) is 8.40. The second-order valence-electron chi connectivity index (χ2n) is 13.8. The number of benzene rings is 8. The molecule has 0 amide bonds. The van der Waals surface area contributed by atoms with E-state index in [1.54, 1.807) is 0 Å². The highest BCUT2D eigenvalue weighted by Gasteiger charge is 2.18. The molecule has 0 unspecified atom stereocenters. The molecule has 0 fully saturated rings. The van der Waals surface area contributed by atoms with E-state index in [2.05, 4.69) is 188 Å². The monoisotopic (exact) mass is 718 g/mol. The van der Waals surface area contributed by atoms with E-state index in [0.29, 0.717) is 5.82 Å². The lowest BCUT2D eigenvalue weighted by Crippen LogP contribution is -1.97. The molecular formula is C52H34N2S. The maximum atomic E-state index is 5.32. The van der Waals surface area contributed by atoms with Crippen molar-refractivity contribution >= 4 is 31.5 Å². The molecule has 0 aliphatic rings. The summed E-state index contributed by atoms with van der Waals surface area (Å²) >= 11 is 1.85. The van der Waals surface area contributed by atoms with E-state index in [1.165, 1.54) is 48.0 Å². The van der Waals surface area contributed by atoms with Gasteiger partial charge in [0.15, 0.2) is 5.82 Å². The highest BCUT2D eigenvalue weighted by Crippen LogP contribution is 2.43. The topological polar surface area (TPSA) is 25.8 Å². The number of fused-ring (bicyclic) bond motifs is 3. The van der Waals surface area contributed by atoms with Crippen LogP contribution in [0.2, 0.25) is 0 Å². The molecule has 2 nitrogen and oxygen atoms in total. The normalized spacial score (nSPS) is 11.3. The summed E-state index contributed by atoms with van der Waals surface area (Å²) in [7, 11) is 0. The molecule has 0 aliphatic carbocycles. The van der Waals surface area contributed by atoms with Crippen LogP contribution in [0, 0.1) is 0 Å². The van der Waals surface area contributed by atoms with E-state index in [4.69, 9.17) is 9.97 Å². The van der Waals surface area contributed by atoms with Crippen molar-refractivity contribution in [2.24, 2.45) is 0 Å². The van der Waals surface area contributed by atoms with E-state index < -0.39 is 0 Å². The molecular weight excluding hydrogens is 685 g/mol. The highest BCUT2D eigenvalue weighted by atomic mass is 32.1. The Balaban J connectivity index is 1.23. The molecule has 2 aromatic heterocycles. The van der Waals surface area contributed by atoms with Crippen LogP contribution >= 0.6 is 11.3 Å². The van der Waals surface area contributed by atoms with Gasteiger partial charge in [0, 0.05) is 36.9 Å². The zero-order chi connectivity index (χ0) is 36.6. The van der Waals surface area contributed by atoms with Gasteiger partial charge in [-0.05, 0) is 87.0 Å². The lowest BCUT2D eigenvalue weighted by molar-refractivity contribution is 1.18. The number of rotatable bonds is 7. The van der Waals surface area contributed by atoms with Crippen LogP contribution in [0.3, 0.4) is 0 Å². The molecule has 0 saturated carbocycles. The molecule has 0 N–H and O–H groups in total. The van der Waals surface area contributed by atoms with Gasteiger partial charge in [-0.2, -0.15) is 0 Å². The fourth-order valence-electron chi connectivity index (χ4n) is 7.65. The largest absolute Gasteiger partial charge is 0.228 e. The fourth-order valence-corrected chi connectivity index (χ4v) is 8.79. The fraction of sp³-hybridized carbons (Fsp3) is 0. The van der Waals surface area contributed by atoms with Gasteiger partial charge in [-0.3, -0.25) is 0 Å². The van der Waals surface area contributed by atoms with Gasteiger partial charge in [-0.1, -0.05) is 164 Å². The zero-order valence-corrected chi connectivity index (χ0v) is 30.7. The van der Waals surface area contributed by atoms with Crippen LogP contribution in [-0.2, 0) is 0 Å². The summed E-state index contributed by atoms with van der Waals surface area (Å²) in [4.78, 5) is 10.5. The average Bonchev–Trinajstić information content (AvgIpc) is 3.66. The minimum Gasteiger partial charge on any atom is -0.228 e. The van der Waals surface area contributed by atoms with Gasteiger partial charge in [0.1, 0.15) is 0 Å². The number of hydrogen-bond donors (Lipinski definition) is 0. The average molecular weight is 719 g/mol. The van der Waals surface area contributed by atoms with Crippen LogP contribution < -0.4 is 0 Å². The van der Waals surface area contributed by atoms with Crippen molar-refractivity contribution in [1.82, 2.24) is 9.97 Å². The Labute approximate surface area is 324 Å². The molecule has 8 aromatic carbocycles. The summed E-state index contributed by atoms with van der Waals surface area (Å²) in [5, 5.41) is 2.57. The molecule has 258 valence electrons. The summed E-state index contributed by atoms with van der Waals surface area (Å²) in [5.41, 5.74) is 14.2. The van der Waals surface area contributed by atoms with Crippen LogP contribution in [0.15, 0.2) is 206 Å². The third-order valence-electron chi connectivity index (χ3n) is 10.3. The predicted molar refractivity (Wildman–Crippen MR) is 233 cm³/mol. The lowest BCUT2D eigenvalue weighted by Gasteiger charge is -2.16. The molecule has 2 heterocycles. The van der Waals surface area contributed by atoms with Crippen molar-refractivity contribution in [3.63, 3.8) is 0 Å². The van der Waals surface area contributed by atoms with Gasteiger partial charge >= 0.3 is 0 Å². The van der Waals surface area contributed by atoms with Crippen LogP contribution in [0.5, 0.6) is 0 Å². The molecule has 10 aromatic rings. The van der Waals surface area contributed by atoms with Crippen molar-refractivity contribution in [1.29, 1.82) is 0 Å². The first-order valence-corrected chi connectivity index (χ1v) is 19.4. The van der Waals surface area contributed by atoms with E-state index >= 15 is 0 Å².